The molecule has 32 heavy (non-hydrogen) atoms. The van der Waals surface area contributed by atoms with Gasteiger partial charge in [0, 0.05) is 29.4 Å². The fourth-order valence-electron chi connectivity index (χ4n) is 3.68. The molecule has 0 amide bonds. The molecule has 9 heteroatoms. The van der Waals surface area contributed by atoms with Gasteiger partial charge in [-0.1, -0.05) is 30.3 Å². The van der Waals surface area contributed by atoms with Crippen LogP contribution >= 0.6 is 0 Å². The van der Waals surface area contributed by atoms with Gasteiger partial charge in [0.05, 0.1) is 16.3 Å². The number of aryl methyl sites for hydroxylation is 2. The number of pyridine rings is 1. The molecule has 0 unspecified atom stereocenters. The summed E-state index contributed by atoms with van der Waals surface area (Å²) in [5.41, 5.74) is 9.80. The van der Waals surface area contributed by atoms with E-state index in [-0.39, 0.29) is 5.69 Å². The van der Waals surface area contributed by atoms with Gasteiger partial charge in [-0.2, -0.15) is 10.4 Å². The lowest BCUT2D eigenvalue weighted by Gasteiger charge is -2.10. The topological polar surface area (TPSA) is 136 Å². The first-order valence-corrected chi connectivity index (χ1v) is 10.1. The van der Waals surface area contributed by atoms with Crippen LogP contribution in [-0.4, -0.2) is 26.2 Å². The lowest BCUT2D eigenvalue weighted by Crippen LogP contribution is -2.06. The van der Waals surface area contributed by atoms with Gasteiger partial charge in [-0.15, -0.1) is 0 Å². The van der Waals surface area contributed by atoms with Gasteiger partial charge in [0.2, 0.25) is 0 Å². The van der Waals surface area contributed by atoms with Crippen molar-refractivity contribution in [3.63, 3.8) is 0 Å². The monoisotopic (exact) mass is 427 g/mol. The highest BCUT2D eigenvalue weighted by atomic mass is 16.6. The van der Waals surface area contributed by atoms with Gasteiger partial charge >= 0.3 is 0 Å². The van der Waals surface area contributed by atoms with Crippen molar-refractivity contribution < 1.29 is 4.92 Å². The highest BCUT2D eigenvalue weighted by Crippen LogP contribution is 2.30. The second-order valence-corrected chi connectivity index (χ2v) is 7.34. The van der Waals surface area contributed by atoms with Crippen molar-refractivity contribution in [2.24, 2.45) is 0 Å². The summed E-state index contributed by atoms with van der Waals surface area (Å²) in [6, 6.07) is 18.4. The smallest absolute Gasteiger partial charge is 0.295 e. The summed E-state index contributed by atoms with van der Waals surface area (Å²) in [5, 5.41) is 29.5. The number of anilines is 2. The third-order valence-electron chi connectivity index (χ3n) is 5.15. The van der Waals surface area contributed by atoms with Crippen LogP contribution in [0.1, 0.15) is 23.4 Å². The fraction of sp³-hybridized carbons (Fsp3) is 0.174. The summed E-state index contributed by atoms with van der Waals surface area (Å²) in [6.07, 6.45) is 1.25. The number of benzene rings is 2. The Kier molecular flexibility index (Phi) is 5.68. The van der Waals surface area contributed by atoms with E-state index < -0.39 is 4.92 Å². The highest BCUT2D eigenvalue weighted by Gasteiger charge is 2.17. The molecule has 4 rings (SSSR count). The average molecular weight is 427 g/mol. The Hall–Kier alpha value is -4.45. The van der Waals surface area contributed by atoms with Crippen LogP contribution in [0.15, 0.2) is 54.6 Å². The first kappa shape index (κ1) is 20.8. The van der Waals surface area contributed by atoms with Crippen LogP contribution < -0.4 is 11.1 Å². The molecule has 0 radical (unpaired) electrons. The molecule has 2 aromatic carbocycles. The number of hydrogen-bond acceptors (Lipinski definition) is 7. The molecule has 0 spiro atoms. The summed E-state index contributed by atoms with van der Waals surface area (Å²) in [6.45, 7) is 2.39. The molecule has 4 aromatic rings. The molecule has 0 fully saturated rings. The highest BCUT2D eigenvalue weighted by molar-refractivity contribution is 5.96. The summed E-state index contributed by atoms with van der Waals surface area (Å²) in [5.74, 6) is 0.324. The molecule has 0 aliphatic heterocycles. The number of fused-ring (bicyclic) bond motifs is 1. The number of non-ortho nitro benzene ring substituents is 1. The Morgan fingerprint density at radius 3 is 2.72 bits per heavy atom. The van der Waals surface area contributed by atoms with E-state index in [2.05, 4.69) is 21.5 Å². The second-order valence-electron chi connectivity index (χ2n) is 7.34. The number of aromatic nitrogens is 3. The molecule has 9 nitrogen and oxygen atoms in total. The number of para-hydroxylation sites is 2. The van der Waals surface area contributed by atoms with Crippen molar-refractivity contribution in [3.05, 3.63) is 81.7 Å². The van der Waals surface area contributed by atoms with E-state index in [9.17, 15) is 15.4 Å². The zero-order valence-electron chi connectivity index (χ0n) is 17.4. The number of nitrogens with one attached hydrogen (secondary N) is 1. The minimum absolute atomic E-state index is 0.0187. The molecule has 0 aliphatic rings. The van der Waals surface area contributed by atoms with Gasteiger partial charge in [0.1, 0.15) is 17.5 Å². The molecular weight excluding hydrogens is 406 g/mol. The Morgan fingerprint density at radius 2 is 2.00 bits per heavy atom. The summed E-state index contributed by atoms with van der Waals surface area (Å²) in [4.78, 5) is 15.3. The van der Waals surface area contributed by atoms with Crippen molar-refractivity contribution in [2.75, 3.05) is 17.6 Å². The Morgan fingerprint density at radius 1 is 1.22 bits per heavy atom. The van der Waals surface area contributed by atoms with Crippen molar-refractivity contribution in [1.29, 1.82) is 5.26 Å². The first-order valence-electron chi connectivity index (χ1n) is 10.1. The molecule has 2 aromatic heterocycles. The zero-order valence-corrected chi connectivity index (χ0v) is 17.4. The van der Waals surface area contributed by atoms with Crippen molar-refractivity contribution in [2.45, 2.75) is 19.8 Å². The van der Waals surface area contributed by atoms with Crippen LogP contribution in [-0.2, 0) is 6.42 Å². The van der Waals surface area contributed by atoms with Crippen LogP contribution in [0.25, 0.3) is 16.6 Å². The standard InChI is InChI=1S/C23H21N7O2/c1-15-13-20(17-9-5-11-21(30(31)32)22(17)27-15)26-12-6-10-19-18(14-24)23(25)29(28-19)16-7-3-2-4-8-16/h2-5,7-9,11,13H,6,10,12,25H2,1H3,(H,26,27). The summed E-state index contributed by atoms with van der Waals surface area (Å²) in [7, 11) is 0. The number of nitro groups is 1. The van der Waals surface area contributed by atoms with Gasteiger partial charge < -0.3 is 11.1 Å². The Bertz CT molecular complexity index is 1340. The minimum atomic E-state index is -0.421. The molecular formula is C23H21N7O2. The van der Waals surface area contributed by atoms with Crippen molar-refractivity contribution in [1.82, 2.24) is 14.8 Å². The lowest BCUT2D eigenvalue weighted by atomic mass is 10.1. The van der Waals surface area contributed by atoms with Crippen LogP contribution in [0.5, 0.6) is 0 Å². The van der Waals surface area contributed by atoms with Crippen molar-refractivity contribution in [3.8, 4) is 11.8 Å². The lowest BCUT2D eigenvalue weighted by molar-refractivity contribution is -0.383. The van der Waals surface area contributed by atoms with E-state index in [4.69, 9.17) is 5.73 Å². The van der Waals surface area contributed by atoms with E-state index in [1.165, 1.54) is 6.07 Å². The Labute approximate surface area is 184 Å². The van der Waals surface area contributed by atoms with Gasteiger partial charge in [0.25, 0.3) is 5.69 Å². The fourth-order valence-corrected chi connectivity index (χ4v) is 3.68. The molecule has 160 valence electrons. The first-order chi connectivity index (χ1) is 15.5. The van der Waals surface area contributed by atoms with E-state index in [1.54, 1.807) is 17.7 Å². The van der Waals surface area contributed by atoms with E-state index in [0.29, 0.717) is 53.1 Å². The largest absolute Gasteiger partial charge is 0.384 e. The number of rotatable bonds is 7. The SMILES string of the molecule is Cc1cc(NCCCc2nn(-c3ccccc3)c(N)c2C#N)c2cccc([N+](=O)[O-])c2n1. The van der Waals surface area contributed by atoms with E-state index in [0.717, 1.165) is 11.4 Å². The Balaban J connectivity index is 1.51. The molecule has 0 aliphatic carbocycles. The minimum Gasteiger partial charge on any atom is -0.384 e. The van der Waals surface area contributed by atoms with Gasteiger partial charge in [-0.25, -0.2) is 9.67 Å². The maximum Gasteiger partial charge on any atom is 0.295 e. The number of nitriles is 1. The summed E-state index contributed by atoms with van der Waals surface area (Å²) >= 11 is 0. The van der Waals surface area contributed by atoms with Gasteiger partial charge in [-0.3, -0.25) is 10.1 Å². The van der Waals surface area contributed by atoms with Crippen molar-refractivity contribution >= 4 is 28.1 Å². The van der Waals surface area contributed by atoms with E-state index >= 15 is 0 Å². The average Bonchev–Trinajstić information content (AvgIpc) is 3.11. The normalized spacial score (nSPS) is 10.8. The number of nitrogens with zero attached hydrogens (tertiary/aromatic N) is 5. The number of nitrogens with two attached hydrogens (primary N) is 1. The van der Waals surface area contributed by atoms with Gasteiger partial charge in [0.15, 0.2) is 5.52 Å². The zero-order chi connectivity index (χ0) is 22.7. The molecule has 0 atom stereocenters. The molecule has 3 N–H and O–H groups in total. The second kappa shape index (κ2) is 8.73. The maximum absolute atomic E-state index is 11.3. The quantitative estimate of drug-likeness (QED) is 0.257. The van der Waals surface area contributed by atoms with Crippen LogP contribution in [0.3, 0.4) is 0 Å². The number of hydrogen-bond donors (Lipinski definition) is 2. The van der Waals surface area contributed by atoms with E-state index in [1.807, 2.05) is 42.5 Å². The maximum atomic E-state index is 11.3. The number of nitrogen functional groups attached to an aromatic ring is 1. The van der Waals surface area contributed by atoms with Gasteiger partial charge in [-0.05, 0) is 38.0 Å². The molecule has 0 bridgehead atoms. The van der Waals surface area contributed by atoms with Crippen LogP contribution in [0.2, 0.25) is 0 Å². The van der Waals surface area contributed by atoms with Crippen LogP contribution in [0.4, 0.5) is 17.2 Å². The molecule has 0 saturated heterocycles. The summed E-state index contributed by atoms with van der Waals surface area (Å²) < 4.78 is 1.58. The third-order valence-corrected chi connectivity index (χ3v) is 5.15. The number of nitro benzene ring substituents is 1. The molecule has 2 heterocycles. The predicted molar refractivity (Wildman–Crippen MR) is 123 cm³/mol. The van der Waals surface area contributed by atoms with Crippen LogP contribution in [0, 0.1) is 28.4 Å². The third kappa shape index (κ3) is 3.94. The molecule has 0 saturated carbocycles. The predicted octanol–water partition coefficient (Wildman–Crippen LogP) is 4.14.